The molecule has 0 bridgehead atoms. The van der Waals surface area contributed by atoms with Gasteiger partial charge in [-0.3, -0.25) is 0 Å². The van der Waals surface area contributed by atoms with Gasteiger partial charge in [-0.05, 0) is 37.2 Å². The Morgan fingerprint density at radius 3 is 2.38 bits per heavy atom. The predicted octanol–water partition coefficient (Wildman–Crippen LogP) is 4.88. The van der Waals surface area contributed by atoms with Crippen LogP contribution in [0.15, 0.2) is 29.2 Å². The third-order valence-electron chi connectivity index (χ3n) is 3.72. The van der Waals surface area contributed by atoms with E-state index >= 15 is 0 Å². The highest BCUT2D eigenvalue weighted by Crippen LogP contribution is 2.24. The zero-order valence-electron chi connectivity index (χ0n) is 15.6. The maximum absolute atomic E-state index is 9.97. The summed E-state index contributed by atoms with van der Waals surface area (Å²) in [5, 5.41) is 13.9. The molecule has 0 aliphatic carbocycles. The van der Waals surface area contributed by atoms with Gasteiger partial charge in [0, 0.05) is 16.7 Å². The molecule has 1 rings (SSSR count). The molecule has 0 saturated heterocycles. The molecule has 0 fully saturated rings. The highest BCUT2D eigenvalue weighted by atomic mass is 32.2. The molecule has 0 unspecified atom stereocenters. The molecule has 0 radical (unpaired) electrons. The summed E-state index contributed by atoms with van der Waals surface area (Å²) < 4.78 is 5.65. The molecule has 0 aliphatic heterocycles. The molecule has 0 spiro atoms. The Morgan fingerprint density at radius 1 is 1.04 bits per heavy atom. The van der Waals surface area contributed by atoms with Crippen molar-refractivity contribution < 1.29 is 9.84 Å². The van der Waals surface area contributed by atoms with Gasteiger partial charge in [0.25, 0.3) is 0 Å². The van der Waals surface area contributed by atoms with Crippen LogP contribution in [-0.4, -0.2) is 36.2 Å². The number of ether oxygens (including phenoxy) is 1. The van der Waals surface area contributed by atoms with Gasteiger partial charge in [0.05, 0.1) is 0 Å². The van der Waals surface area contributed by atoms with Gasteiger partial charge >= 0.3 is 0 Å². The van der Waals surface area contributed by atoms with E-state index in [1.165, 1.54) is 43.4 Å². The van der Waals surface area contributed by atoms with Crippen molar-refractivity contribution in [1.82, 2.24) is 5.32 Å². The molecule has 138 valence electrons. The van der Waals surface area contributed by atoms with E-state index < -0.39 is 6.10 Å². The summed E-state index contributed by atoms with van der Waals surface area (Å²) >= 11 is 1.84. The first-order valence-electron chi connectivity index (χ1n) is 9.40. The molecular formula is C20H35NO2S. The summed E-state index contributed by atoms with van der Waals surface area (Å²) in [5.74, 6) is 0.818. The maximum Gasteiger partial charge on any atom is 0.119 e. The van der Waals surface area contributed by atoms with Crippen LogP contribution >= 0.6 is 11.8 Å². The monoisotopic (exact) mass is 353 g/mol. The van der Waals surface area contributed by atoms with Crippen LogP contribution in [-0.2, 0) is 0 Å². The maximum atomic E-state index is 9.97. The Labute approximate surface area is 152 Å². The number of hydrogen-bond donors (Lipinski definition) is 2. The summed E-state index contributed by atoms with van der Waals surface area (Å²) in [6.45, 7) is 8.51. The third kappa shape index (κ3) is 11.0. The van der Waals surface area contributed by atoms with Crippen molar-refractivity contribution in [3.63, 3.8) is 0 Å². The summed E-state index contributed by atoms with van der Waals surface area (Å²) in [6.07, 6.45) is 7.32. The quantitative estimate of drug-likeness (QED) is 0.369. The van der Waals surface area contributed by atoms with E-state index in [-0.39, 0.29) is 0 Å². The summed E-state index contributed by atoms with van der Waals surface area (Å²) in [5.41, 5.74) is 0. The number of rotatable bonds is 14. The van der Waals surface area contributed by atoms with Crippen molar-refractivity contribution in [1.29, 1.82) is 0 Å². The van der Waals surface area contributed by atoms with Crippen LogP contribution in [0.4, 0.5) is 0 Å². The van der Waals surface area contributed by atoms with Gasteiger partial charge in [-0.2, -0.15) is 0 Å². The highest BCUT2D eigenvalue weighted by molar-refractivity contribution is 7.99. The minimum absolute atomic E-state index is 0.334. The average Bonchev–Trinajstić information content (AvgIpc) is 2.56. The van der Waals surface area contributed by atoms with Crippen molar-refractivity contribution in [2.75, 3.05) is 19.7 Å². The second-order valence-electron chi connectivity index (χ2n) is 6.57. The molecule has 2 N–H and O–H groups in total. The Hall–Kier alpha value is -0.710. The van der Waals surface area contributed by atoms with E-state index in [2.05, 4.69) is 38.2 Å². The molecular weight excluding hydrogens is 318 g/mol. The van der Waals surface area contributed by atoms with E-state index in [9.17, 15) is 5.11 Å². The summed E-state index contributed by atoms with van der Waals surface area (Å²) in [7, 11) is 0. The number of aliphatic hydroxyl groups is 1. The average molecular weight is 354 g/mol. The molecule has 4 heteroatoms. The second-order valence-corrected chi connectivity index (χ2v) is 8.22. The molecule has 24 heavy (non-hydrogen) atoms. The lowest BCUT2D eigenvalue weighted by atomic mass is 10.1. The van der Waals surface area contributed by atoms with Crippen LogP contribution in [0.3, 0.4) is 0 Å². The third-order valence-corrected chi connectivity index (χ3v) is 4.74. The topological polar surface area (TPSA) is 41.5 Å². The number of benzene rings is 1. The van der Waals surface area contributed by atoms with Gasteiger partial charge in [-0.1, -0.05) is 52.9 Å². The number of nitrogens with one attached hydrogen (secondary N) is 1. The van der Waals surface area contributed by atoms with Gasteiger partial charge in [0.2, 0.25) is 0 Å². The van der Waals surface area contributed by atoms with E-state index in [0.29, 0.717) is 18.4 Å². The SMILES string of the molecule is CCCCCCCCNC[C@H](O)COc1ccc(SC(C)C)cc1. The minimum Gasteiger partial charge on any atom is -0.491 e. The first-order chi connectivity index (χ1) is 11.6. The van der Waals surface area contributed by atoms with Gasteiger partial charge in [0.15, 0.2) is 0 Å². The number of thioether (sulfide) groups is 1. The Morgan fingerprint density at radius 2 is 1.71 bits per heavy atom. The fourth-order valence-corrected chi connectivity index (χ4v) is 3.27. The van der Waals surface area contributed by atoms with Crippen LogP contribution in [0.25, 0.3) is 0 Å². The minimum atomic E-state index is -0.463. The first kappa shape index (κ1) is 21.3. The Bertz CT molecular complexity index is 409. The van der Waals surface area contributed by atoms with E-state index in [4.69, 9.17) is 4.74 Å². The van der Waals surface area contributed by atoms with Gasteiger partial charge in [-0.25, -0.2) is 0 Å². The van der Waals surface area contributed by atoms with Crippen LogP contribution in [0, 0.1) is 0 Å². The van der Waals surface area contributed by atoms with E-state index in [0.717, 1.165) is 12.3 Å². The van der Waals surface area contributed by atoms with Crippen LogP contribution < -0.4 is 10.1 Å². The molecule has 0 heterocycles. The van der Waals surface area contributed by atoms with Crippen molar-refractivity contribution in [3.8, 4) is 5.75 Å². The normalized spacial score (nSPS) is 12.5. The van der Waals surface area contributed by atoms with Crippen molar-refractivity contribution in [2.45, 2.75) is 75.5 Å². The molecule has 0 aliphatic rings. The fourth-order valence-electron chi connectivity index (χ4n) is 2.44. The smallest absolute Gasteiger partial charge is 0.119 e. The van der Waals surface area contributed by atoms with Gasteiger partial charge in [-0.15, -0.1) is 11.8 Å². The van der Waals surface area contributed by atoms with Crippen LogP contribution in [0.2, 0.25) is 0 Å². The second kappa shape index (κ2) is 13.6. The molecule has 0 aromatic heterocycles. The molecule has 0 saturated carbocycles. The number of hydrogen-bond acceptors (Lipinski definition) is 4. The largest absolute Gasteiger partial charge is 0.491 e. The van der Waals surface area contributed by atoms with E-state index in [1.807, 2.05) is 23.9 Å². The van der Waals surface area contributed by atoms with E-state index in [1.54, 1.807) is 0 Å². The predicted molar refractivity (Wildman–Crippen MR) is 105 cm³/mol. The fraction of sp³-hybridized carbons (Fsp3) is 0.700. The molecule has 1 aromatic rings. The highest BCUT2D eigenvalue weighted by Gasteiger charge is 2.05. The molecule has 0 amide bonds. The lowest BCUT2D eigenvalue weighted by Gasteiger charge is -2.14. The van der Waals surface area contributed by atoms with Gasteiger partial charge in [0.1, 0.15) is 18.5 Å². The lowest BCUT2D eigenvalue weighted by Crippen LogP contribution is -2.32. The van der Waals surface area contributed by atoms with Crippen molar-refractivity contribution in [3.05, 3.63) is 24.3 Å². The first-order valence-corrected chi connectivity index (χ1v) is 10.3. The standard InChI is InChI=1S/C20H35NO2S/c1-4-5-6-7-8-9-14-21-15-18(22)16-23-19-10-12-20(13-11-19)24-17(2)3/h10-13,17-18,21-22H,4-9,14-16H2,1-3H3/t18-/m0/s1. The zero-order chi connectivity index (χ0) is 17.6. The molecule has 1 aromatic carbocycles. The van der Waals surface area contributed by atoms with Crippen molar-refractivity contribution in [2.24, 2.45) is 0 Å². The summed E-state index contributed by atoms with van der Waals surface area (Å²) in [6, 6.07) is 8.09. The zero-order valence-corrected chi connectivity index (χ0v) is 16.4. The Kier molecular flexibility index (Phi) is 12.1. The number of unbranched alkanes of at least 4 members (excludes halogenated alkanes) is 5. The van der Waals surface area contributed by atoms with Crippen LogP contribution in [0.1, 0.15) is 59.3 Å². The molecule has 1 atom stereocenters. The summed E-state index contributed by atoms with van der Waals surface area (Å²) in [4.78, 5) is 1.25. The van der Waals surface area contributed by atoms with Crippen molar-refractivity contribution >= 4 is 11.8 Å². The molecule has 3 nitrogen and oxygen atoms in total. The van der Waals surface area contributed by atoms with Gasteiger partial charge < -0.3 is 15.2 Å². The van der Waals surface area contributed by atoms with Crippen LogP contribution in [0.5, 0.6) is 5.75 Å². The Balaban J connectivity index is 2.06. The number of aliphatic hydroxyl groups excluding tert-OH is 1. The lowest BCUT2D eigenvalue weighted by molar-refractivity contribution is 0.106.